The Morgan fingerprint density at radius 3 is 2.81 bits per heavy atom. The molecule has 1 aromatic carbocycles. The lowest BCUT2D eigenvalue weighted by Crippen LogP contribution is -2.20. The summed E-state index contributed by atoms with van der Waals surface area (Å²) in [7, 11) is 0. The smallest absolute Gasteiger partial charge is 0.387 e. The first-order chi connectivity index (χ1) is 15.5. The highest BCUT2D eigenvalue weighted by atomic mass is 19.3. The number of alkyl halides is 2. The maximum Gasteiger partial charge on any atom is 0.387 e. The molecule has 4 heterocycles. The van der Waals surface area contributed by atoms with E-state index in [1.807, 2.05) is 0 Å². The number of nitrogens with zero attached hydrogens (tertiary/aromatic N) is 3. The van der Waals surface area contributed by atoms with Gasteiger partial charge in [-0.25, -0.2) is 9.37 Å². The van der Waals surface area contributed by atoms with Crippen LogP contribution in [0.15, 0.2) is 54.9 Å². The SMILES string of the molecule is OCc1ccc(-c2cn3c4c(nc3cc2F)CCO[C@@H]4c2ccccc2OC(F)F)cn1. The number of para-hydroxylation sites is 1. The van der Waals surface area contributed by atoms with Gasteiger partial charge in [0.25, 0.3) is 0 Å². The molecule has 6 nitrogen and oxygen atoms in total. The van der Waals surface area contributed by atoms with Gasteiger partial charge in [-0.2, -0.15) is 8.78 Å². The number of aliphatic hydroxyl groups is 1. The Morgan fingerprint density at radius 2 is 2.06 bits per heavy atom. The monoisotopic (exact) mass is 441 g/mol. The third kappa shape index (κ3) is 3.59. The summed E-state index contributed by atoms with van der Waals surface area (Å²) in [5.74, 6) is -0.460. The maximum atomic E-state index is 14.9. The van der Waals surface area contributed by atoms with E-state index in [4.69, 9.17) is 9.47 Å². The number of imidazole rings is 1. The molecule has 0 fully saturated rings. The van der Waals surface area contributed by atoms with Crippen LogP contribution in [0.5, 0.6) is 5.75 Å². The van der Waals surface area contributed by atoms with Gasteiger partial charge < -0.3 is 14.6 Å². The molecule has 0 spiro atoms. The molecular weight excluding hydrogens is 423 g/mol. The summed E-state index contributed by atoms with van der Waals surface area (Å²) in [5.41, 5.74) is 3.46. The van der Waals surface area contributed by atoms with Crippen LogP contribution in [0.4, 0.5) is 13.2 Å². The number of fused-ring (bicyclic) bond motifs is 3. The van der Waals surface area contributed by atoms with Crippen LogP contribution in [-0.4, -0.2) is 32.7 Å². The second-order valence-electron chi connectivity index (χ2n) is 7.32. The lowest BCUT2D eigenvalue weighted by atomic mass is 10.0. The number of ether oxygens (including phenoxy) is 2. The van der Waals surface area contributed by atoms with E-state index >= 15 is 0 Å². The van der Waals surface area contributed by atoms with Gasteiger partial charge in [0.15, 0.2) is 0 Å². The number of aromatic nitrogens is 3. The first-order valence-corrected chi connectivity index (χ1v) is 9.97. The zero-order valence-corrected chi connectivity index (χ0v) is 16.7. The van der Waals surface area contributed by atoms with Gasteiger partial charge in [0, 0.05) is 41.6 Å². The topological polar surface area (TPSA) is 68.9 Å². The third-order valence-corrected chi connectivity index (χ3v) is 5.41. The fourth-order valence-electron chi connectivity index (χ4n) is 3.97. The summed E-state index contributed by atoms with van der Waals surface area (Å²) in [6.07, 6.45) is 2.88. The summed E-state index contributed by atoms with van der Waals surface area (Å²) in [5, 5.41) is 9.19. The molecule has 0 amide bonds. The molecule has 0 aliphatic carbocycles. The molecule has 0 radical (unpaired) electrons. The fraction of sp³-hybridized carbons (Fsp3) is 0.217. The minimum absolute atomic E-state index is 0.0152. The molecule has 4 aromatic rings. The fourth-order valence-corrected chi connectivity index (χ4v) is 3.97. The predicted octanol–water partition coefficient (Wildman–Crippen LogP) is 4.29. The van der Waals surface area contributed by atoms with E-state index in [2.05, 4.69) is 9.97 Å². The van der Waals surface area contributed by atoms with Crippen molar-refractivity contribution in [3.05, 3.63) is 83.3 Å². The molecule has 1 aliphatic rings. The predicted molar refractivity (Wildman–Crippen MR) is 109 cm³/mol. The summed E-state index contributed by atoms with van der Waals surface area (Å²) < 4.78 is 53.2. The second-order valence-corrected chi connectivity index (χ2v) is 7.32. The average molecular weight is 441 g/mol. The zero-order chi connectivity index (χ0) is 22.2. The van der Waals surface area contributed by atoms with E-state index in [1.54, 1.807) is 40.9 Å². The van der Waals surface area contributed by atoms with Gasteiger partial charge in [0.05, 0.1) is 30.3 Å². The normalized spacial score (nSPS) is 15.8. The number of hydrogen-bond donors (Lipinski definition) is 1. The lowest BCUT2D eigenvalue weighted by molar-refractivity contribution is -0.0522. The van der Waals surface area contributed by atoms with Crippen LogP contribution in [0.25, 0.3) is 16.8 Å². The van der Waals surface area contributed by atoms with Crippen molar-refractivity contribution < 1.29 is 27.8 Å². The van der Waals surface area contributed by atoms with Gasteiger partial charge in [-0.1, -0.05) is 24.3 Å². The molecule has 1 N–H and O–H groups in total. The van der Waals surface area contributed by atoms with E-state index in [-0.39, 0.29) is 17.9 Å². The standard InChI is InChI=1S/C23H18F3N3O3/c24-17-9-20-28-18-7-8-31-22(15-3-1-2-4-19(15)32-23(25)26)21(18)29(20)11-16(17)13-5-6-14(12-30)27-10-13/h1-6,9-11,22-23,30H,7-8,12H2/t22-/m1/s1. The van der Waals surface area contributed by atoms with Crippen LogP contribution in [0.2, 0.25) is 0 Å². The molecule has 3 aromatic heterocycles. The number of benzene rings is 1. The van der Waals surface area contributed by atoms with Crippen molar-refractivity contribution in [2.75, 3.05) is 6.61 Å². The molecule has 0 saturated carbocycles. The summed E-state index contributed by atoms with van der Waals surface area (Å²) in [4.78, 5) is 8.67. The van der Waals surface area contributed by atoms with Gasteiger partial charge in [-0.3, -0.25) is 9.38 Å². The van der Waals surface area contributed by atoms with Crippen molar-refractivity contribution in [3.63, 3.8) is 0 Å². The van der Waals surface area contributed by atoms with Gasteiger partial charge in [-0.05, 0) is 12.1 Å². The number of hydrogen-bond acceptors (Lipinski definition) is 5. The van der Waals surface area contributed by atoms with Crippen molar-refractivity contribution in [3.8, 4) is 16.9 Å². The molecule has 1 atom stereocenters. The van der Waals surface area contributed by atoms with E-state index in [0.717, 1.165) is 0 Å². The van der Waals surface area contributed by atoms with Crippen LogP contribution in [-0.2, 0) is 17.8 Å². The molecule has 9 heteroatoms. The Balaban J connectivity index is 1.66. The first kappa shape index (κ1) is 20.5. The molecule has 0 bridgehead atoms. The van der Waals surface area contributed by atoms with Gasteiger partial charge >= 0.3 is 6.61 Å². The van der Waals surface area contributed by atoms with Gasteiger partial charge in [0.2, 0.25) is 0 Å². The molecule has 5 rings (SSSR count). The number of rotatable bonds is 5. The highest BCUT2D eigenvalue weighted by Crippen LogP contribution is 2.39. The molecule has 32 heavy (non-hydrogen) atoms. The van der Waals surface area contributed by atoms with Crippen molar-refractivity contribution in [1.82, 2.24) is 14.4 Å². The van der Waals surface area contributed by atoms with Crippen molar-refractivity contribution in [2.24, 2.45) is 0 Å². The summed E-state index contributed by atoms with van der Waals surface area (Å²) in [6.45, 7) is -2.85. The number of halogens is 3. The van der Waals surface area contributed by atoms with E-state index < -0.39 is 18.5 Å². The molecular formula is C23H18F3N3O3. The Hall–Kier alpha value is -3.43. The second kappa shape index (κ2) is 8.25. The van der Waals surface area contributed by atoms with Crippen LogP contribution in [0.1, 0.15) is 28.7 Å². The number of aliphatic hydroxyl groups excluding tert-OH is 1. The Labute approximate surface area is 180 Å². The Morgan fingerprint density at radius 1 is 1.22 bits per heavy atom. The largest absolute Gasteiger partial charge is 0.434 e. The zero-order valence-electron chi connectivity index (χ0n) is 16.7. The third-order valence-electron chi connectivity index (χ3n) is 5.41. The molecule has 0 saturated heterocycles. The lowest BCUT2D eigenvalue weighted by Gasteiger charge is -2.25. The van der Waals surface area contributed by atoms with Crippen molar-refractivity contribution >= 4 is 5.65 Å². The minimum Gasteiger partial charge on any atom is -0.434 e. The Bertz CT molecular complexity index is 1270. The maximum absolute atomic E-state index is 14.9. The number of pyridine rings is 2. The molecule has 164 valence electrons. The Kier molecular flexibility index (Phi) is 5.28. The highest BCUT2D eigenvalue weighted by molar-refractivity contribution is 5.65. The summed E-state index contributed by atoms with van der Waals surface area (Å²) >= 11 is 0. The highest BCUT2D eigenvalue weighted by Gasteiger charge is 2.31. The quantitative estimate of drug-likeness (QED) is 0.501. The first-order valence-electron chi connectivity index (χ1n) is 9.97. The molecule has 0 unspecified atom stereocenters. The van der Waals surface area contributed by atoms with Crippen LogP contribution in [0, 0.1) is 5.82 Å². The summed E-state index contributed by atoms with van der Waals surface area (Å²) in [6, 6.07) is 11.1. The van der Waals surface area contributed by atoms with Crippen LogP contribution >= 0.6 is 0 Å². The van der Waals surface area contributed by atoms with E-state index in [0.29, 0.717) is 46.9 Å². The van der Waals surface area contributed by atoms with E-state index in [1.165, 1.54) is 18.3 Å². The molecule has 1 aliphatic heterocycles. The van der Waals surface area contributed by atoms with Crippen molar-refractivity contribution in [1.29, 1.82) is 0 Å². The van der Waals surface area contributed by atoms with Crippen molar-refractivity contribution in [2.45, 2.75) is 25.7 Å². The van der Waals surface area contributed by atoms with Crippen LogP contribution < -0.4 is 4.74 Å². The van der Waals surface area contributed by atoms with Gasteiger partial charge in [0.1, 0.15) is 23.3 Å². The average Bonchev–Trinajstić information content (AvgIpc) is 3.16. The van der Waals surface area contributed by atoms with E-state index in [9.17, 15) is 18.3 Å². The van der Waals surface area contributed by atoms with Crippen LogP contribution in [0.3, 0.4) is 0 Å². The minimum atomic E-state index is -2.98. The van der Waals surface area contributed by atoms with Gasteiger partial charge in [-0.15, -0.1) is 0 Å².